The lowest BCUT2D eigenvalue weighted by atomic mass is 10.2. The van der Waals surface area contributed by atoms with Gasteiger partial charge in [-0.2, -0.15) is 5.26 Å². The van der Waals surface area contributed by atoms with Crippen LogP contribution in [0.1, 0.15) is 12.0 Å². The molecule has 5 heteroatoms. The molecule has 0 saturated heterocycles. The van der Waals surface area contributed by atoms with Crippen molar-refractivity contribution in [3.05, 3.63) is 47.5 Å². The molecule has 0 spiro atoms. The first kappa shape index (κ1) is 12.5. The van der Waals surface area contributed by atoms with Crippen molar-refractivity contribution in [2.24, 2.45) is 0 Å². The Bertz CT molecular complexity index is 543. The van der Waals surface area contributed by atoms with E-state index in [9.17, 15) is 0 Å². The van der Waals surface area contributed by atoms with Gasteiger partial charge in [-0.3, -0.25) is 0 Å². The van der Waals surface area contributed by atoms with Crippen LogP contribution in [-0.4, -0.2) is 16.1 Å². The van der Waals surface area contributed by atoms with Gasteiger partial charge in [-0.25, -0.2) is 4.98 Å². The number of aromatic nitrogens is 2. The molecule has 92 valence electrons. The van der Waals surface area contributed by atoms with Crippen molar-refractivity contribution in [2.75, 3.05) is 11.9 Å². The SMILES string of the molecule is N#Cc1ccc(NCCCn2ccnc2)c(Cl)c1. The largest absolute Gasteiger partial charge is 0.384 e. The van der Waals surface area contributed by atoms with Gasteiger partial charge in [0.05, 0.1) is 28.7 Å². The molecular weight excluding hydrogens is 248 g/mol. The second-order valence-electron chi connectivity index (χ2n) is 3.89. The molecule has 1 heterocycles. The summed E-state index contributed by atoms with van der Waals surface area (Å²) in [6.07, 6.45) is 6.49. The molecule has 18 heavy (non-hydrogen) atoms. The highest BCUT2D eigenvalue weighted by Gasteiger charge is 2.00. The molecular formula is C13H13ClN4. The molecule has 0 aliphatic rings. The summed E-state index contributed by atoms with van der Waals surface area (Å²) in [6, 6.07) is 7.31. The van der Waals surface area contributed by atoms with Crippen LogP contribution in [0, 0.1) is 11.3 Å². The number of hydrogen-bond acceptors (Lipinski definition) is 3. The zero-order valence-corrected chi connectivity index (χ0v) is 10.6. The van der Waals surface area contributed by atoms with E-state index in [4.69, 9.17) is 16.9 Å². The van der Waals surface area contributed by atoms with Gasteiger partial charge in [-0.05, 0) is 24.6 Å². The Kier molecular flexibility index (Phi) is 4.21. The third-order valence-electron chi connectivity index (χ3n) is 2.57. The minimum atomic E-state index is 0.573. The number of hydrogen-bond donors (Lipinski definition) is 1. The van der Waals surface area contributed by atoms with E-state index < -0.39 is 0 Å². The lowest BCUT2D eigenvalue weighted by molar-refractivity contribution is 0.661. The minimum Gasteiger partial charge on any atom is -0.384 e. The predicted octanol–water partition coefficient (Wildman–Crippen LogP) is 2.91. The Morgan fingerprint density at radius 3 is 3.00 bits per heavy atom. The van der Waals surface area contributed by atoms with Gasteiger partial charge in [0.2, 0.25) is 0 Å². The third kappa shape index (κ3) is 3.25. The summed E-state index contributed by atoms with van der Waals surface area (Å²) in [5, 5.41) is 12.6. The van der Waals surface area contributed by atoms with Crippen LogP contribution < -0.4 is 5.32 Å². The number of anilines is 1. The highest BCUT2D eigenvalue weighted by atomic mass is 35.5. The molecule has 0 atom stereocenters. The van der Waals surface area contributed by atoms with E-state index in [1.165, 1.54) is 0 Å². The first-order valence-electron chi connectivity index (χ1n) is 5.69. The average Bonchev–Trinajstić information content (AvgIpc) is 2.89. The van der Waals surface area contributed by atoms with E-state index in [1.807, 2.05) is 16.8 Å². The van der Waals surface area contributed by atoms with Crippen molar-refractivity contribution in [1.29, 1.82) is 5.26 Å². The monoisotopic (exact) mass is 260 g/mol. The van der Waals surface area contributed by atoms with Gasteiger partial charge >= 0.3 is 0 Å². The maximum absolute atomic E-state index is 8.73. The molecule has 4 nitrogen and oxygen atoms in total. The Labute approximate surface area is 111 Å². The van der Waals surface area contributed by atoms with Gasteiger partial charge in [0.15, 0.2) is 0 Å². The second kappa shape index (κ2) is 6.08. The van der Waals surface area contributed by atoms with Crippen LogP contribution in [-0.2, 0) is 6.54 Å². The van der Waals surface area contributed by atoms with Crippen molar-refractivity contribution >= 4 is 17.3 Å². The molecule has 1 aromatic carbocycles. The fourth-order valence-corrected chi connectivity index (χ4v) is 1.88. The number of nitrogens with zero attached hydrogens (tertiary/aromatic N) is 3. The van der Waals surface area contributed by atoms with Gasteiger partial charge in [0.25, 0.3) is 0 Å². The highest BCUT2D eigenvalue weighted by molar-refractivity contribution is 6.33. The number of aryl methyl sites for hydroxylation is 1. The van der Waals surface area contributed by atoms with E-state index in [2.05, 4.69) is 16.4 Å². The minimum absolute atomic E-state index is 0.573. The number of imidazole rings is 1. The smallest absolute Gasteiger partial charge is 0.0992 e. The standard InChI is InChI=1S/C13H13ClN4/c14-12-8-11(9-15)2-3-13(12)17-4-1-6-18-7-5-16-10-18/h2-3,5,7-8,10,17H,1,4,6H2. The Morgan fingerprint density at radius 2 is 2.33 bits per heavy atom. The number of rotatable bonds is 5. The molecule has 0 radical (unpaired) electrons. The summed E-state index contributed by atoms with van der Waals surface area (Å²) in [5.41, 5.74) is 1.44. The van der Waals surface area contributed by atoms with Gasteiger partial charge < -0.3 is 9.88 Å². The van der Waals surface area contributed by atoms with Gasteiger partial charge in [-0.1, -0.05) is 11.6 Å². The second-order valence-corrected chi connectivity index (χ2v) is 4.29. The highest BCUT2D eigenvalue weighted by Crippen LogP contribution is 2.22. The summed E-state index contributed by atoms with van der Waals surface area (Å²) in [6.45, 7) is 1.74. The zero-order valence-electron chi connectivity index (χ0n) is 9.81. The van der Waals surface area contributed by atoms with E-state index in [1.54, 1.807) is 24.7 Å². The predicted molar refractivity (Wildman–Crippen MR) is 71.5 cm³/mol. The molecule has 0 amide bonds. The molecule has 1 aromatic heterocycles. The van der Waals surface area contributed by atoms with E-state index in [0.29, 0.717) is 10.6 Å². The number of benzene rings is 1. The van der Waals surface area contributed by atoms with E-state index >= 15 is 0 Å². The van der Waals surface area contributed by atoms with Crippen LogP contribution >= 0.6 is 11.6 Å². The van der Waals surface area contributed by atoms with Gasteiger partial charge in [0.1, 0.15) is 0 Å². The Morgan fingerprint density at radius 1 is 1.44 bits per heavy atom. The van der Waals surface area contributed by atoms with E-state index in [0.717, 1.165) is 25.2 Å². The third-order valence-corrected chi connectivity index (χ3v) is 2.88. The van der Waals surface area contributed by atoms with E-state index in [-0.39, 0.29) is 0 Å². The molecule has 0 fully saturated rings. The van der Waals surface area contributed by atoms with Crippen molar-refractivity contribution < 1.29 is 0 Å². The van der Waals surface area contributed by atoms with Crippen molar-refractivity contribution in [2.45, 2.75) is 13.0 Å². The van der Waals surface area contributed by atoms with Gasteiger partial charge in [0, 0.05) is 25.5 Å². The molecule has 0 bridgehead atoms. The lowest BCUT2D eigenvalue weighted by Crippen LogP contribution is -2.06. The normalized spacial score (nSPS) is 10.0. The van der Waals surface area contributed by atoms with Crippen LogP contribution in [0.3, 0.4) is 0 Å². The molecule has 2 rings (SSSR count). The molecule has 0 unspecified atom stereocenters. The zero-order chi connectivity index (χ0) is 12.8. The van der Waals surface area contributed by atoms with Crippen LogP contribution in [0.5, 0.6) is 0 Å². The number of halogens is 1. The fraction of sp³-hybridized carbons (Fsp3) is 0.231. The summed E-state index contributed by atoms with van der Waals surface area (Å²) in [7, 11) is 0. The number of nitrogens with one attached hydrogen (secondary N) is 1. The Balaban J connectivity index is 1.82. The van der Waals surface area contributed by atoms with Crippen molar-refractivity contribution in [3.63, 3.8) is 0 Å². The first-order chi connectivity index (χ1) is 8.79. The van der Waals surface area contributed by atoms with Crippen LogP contribution in [0.4, 0.5) is 5.69 Å². The van der Waals surface area contributed by atoms with Crippen molar-refractivity contribution in [1.82, 2.24) is 9.55 Å². The molecule has 0 aliphatic heterocycles. The molecule has 1 N–H and O–H groups in total. The number of nitriles is 1. The Hall–Kier alpha value is -1.99. The van der Waals surface area contributed by atoms with Crippen LogP contribution in [0.2, 0.25) is 5.02 Å². The molecule has 2 aromatic rings. The van der Waals surface area contributed by atoms with Crippen LogP contribution in [0.25, 0.3) is 0 Å². The summed E-state index contributed by atoms with van der Waals surface area (Å²) in [5.74, 6) is 0. The molecule has 0 saturated carbocycles. The average molecular weight is 261 g/mol. The lowest BCUT2D eigenvalue weighted by Gasteiger charge is -2.08. The topological polar surface area (TPSA) is 53.6 Å². The molecule has 0 aliphatic carbocycles. The summed E-state index contributed by atoms with van der Waals surface area (Å²) in [4.78, 5) is 3.98. The quantitative estimate of drug-likeness (QED) is 0.841. The van der Waals surface area contributed by atoms with Crippen molar-refractivity contribution in [3.8, 4) is 6.07 Å². The van der Waals surface area contributed by atoms with Gasteiger partial charge in [-0.15, -0.1) is 0 Å². The first-order valence-corrected chi connectivity index (χ1v) is 6.06. The van der Waals surface area contributed by atoms with Crippen LogP contribution in [0.15, 0.2) is 36.9 Å². The maximum atomic E-state index is 8.73. The fourth-order valence-electron chi connectivity index (χ4n) is 1.63. The maximum Gasteiger partial charge on any atom is 0.0992 e. The summed E-state index contributed by atoms with van der Waals surface area (Å²) >= 11 is 6.06. The summed E-state index contributed by atoms with van der Waals surface area (Å²) < 4.78 is 2.03.